The van der Waals surface area contributed by atoms with E-state index in [0.717, 1.165) is 31.5 Å². The van der Waals surface area contributed by atoms with Crippen LogP contribution in [-0.4, -0.2) is 24.0 Å². The van der Waals surface area contributed by atoms with Crippen molar-refractivity contribution in [3.8, 4) is 5.75 Å². The van der Waals surface area contributed by atoms with Crippen LogP contribution >= 0.6 is 15.9 Å². The van der Waals surface area contributed by atoms with Gasteiger partial charge in [0.2, 0.25) is 0 Å². The van der Waals surface area contributed by atoms with Gasteiger partial charge < -0.3 is 4.74 Å². The lowest BCUT2D eigenvalue weighted by atomic mass is 10.1. The van der Waals surface area contributed by atoms with Gasteiger partial charge in [0, 0.05) is 4.47 Å². The van der Waals surface area contributed by atoms with Crippen LogP contribution in [0.4, 0.5) is 4.39 Å². The second-order valence-electron chi connectivity index (χ2n) is 5.55. The van der Waals surface area contributed by atoms with E-state index in [1.165, 1.54) is 12.1 Å². The van der Waals surface area contributed by atoms with E-state index in [0.29, 0.717) is 4.47 Å². The van der Waals surface area contributed by atoms with Gasteiger partial charge in [-0.2, -0.15) is 0 Å². The fourth-order valence-electron chi connectivity index (χ4n) is 2.85. The molecule has 0 aliphatic carbocycles. The molecule has 0 amide bonds. The van der Waals surface area contributed by atoms with Crippen LogP contribution in [0.1, 0.15) is 24.4 Å². The summed E-state index contributed by atoms with van der Waals surface area (Å²) in [4.78, 5) is 14.8. The minimum absolute atomic E-state index is 0.0432. The third kappa shape index (κ3) is 3.79. The van der Waals surface area contributed by atoms with Crippen molar-refractivity contribution in [3.05, 3.63) is 64.4 Å². The summed E-state index contributed by atoms with van der Waals surface area (Å²) in [7, 11) is 0. The first kappa shape index (κ1) is 16.1. The molecule has 3 nitrogen and oxygen atoms in total. The summed E-state index contributed by atoms with van der Waals surface area (Å²) in [5.41, 5.74) is 0.872. The molecule has 23 heavy (non-hydrogen) atoms. The predicted molar refractivity (Wildman–Crippen MR) is 89.7 cm³/mol. The van der Waals surface area contributed by atoms with Crippen molar-refractivity contribution in [2.24, 2.45) is 0 Å². The van der Waals surface area contributed by atoms with Crippen molar-refractivity contribution >= 4 is 21.9 Å². The molecule has 1 fully saturated rings. The highest BCUT2D eigenvalue weighted by atomic mass is 79.9. The number of carbonyl (C=O) groups excluding carboxylic acids is 1. The average Bonchev–Trinajstić information content (AvgIpc) is 3.05. The topological polar surface area (TPSA) is 29.5 Å². The Hall–Kier alpha value is -1.72. The van der Waals surface area contributed by atoms with E-state index in [1.807, 2.05) is 30.3 Å². The highest BCUT2D eigenvalue weighted by Gasteiger charge is 2.31. The fraction of sp³-hybridized carbons (Fsp3) is 0.278. The molecule has 0 bridgehead atoms. The minimum Gasteiger partial charge on any atom is -0.422 e. The second kappa shape index (κ2) is 7.23. The number of esters is 1. The van der Waals surface area contributed by atoms with Crippen LogP contribution in [0.2, 0.25) is 0 Å². The molecule has 120 valence electrons. The molecule has 2 aromatic rings. The molecule has 1 atom stereocenters. The first-order chi connectivity index (χ1) is 11.1. The molecule has 0 aromatic heterocycles. The number of rotatable bonds is 4. The summed E-state index contributed by atoms with van der Waals surface area (Å²) < 4.78 is 19.9. The van der Waals surface area contributed by atoms with Gasteiger partial charge in [-0.1, -0.05) is 46.3 Å². The van der Waals surface area contributed by atoms with Crippen LogP contribution in [-0.2, 0) is 4.79 Å². The monoisotopic (exact) mass is 377 g/mol. The van der Waals surface area contributed by atoms with Gasteiger partial charge in [0.1, 0.15) is 6.04 Å². The van der Waals surface area contributed by atoms with Crippen molar-refractivity contribution in [3.63, 3.8) is 0 Å². The lowest BCUT2D eigenvalue weighted by Crippen LogP contribution is -2.34. The Labute approximate surface area is 143 Å². The van der Waals surface area contributed by atoms with Crippen LogP contribution in [0, 0.1) is 5.82 Å². The van der Waals surface area contributed by atoms with E-state index in [1.54, 1.807) is 6.07 Å². The highest BCUT2D eigenvalue weighted by Crippen LogP contribution is 2.28. The summed E-state index contributed by atoms with van der Waals surface area (Å²) in [5.74, 6) is -1.04. The third-order valence-electron chi connectivity index (χ3n) is 3.95. The predicted octanol–water partition coefficient (Wildman–Crippen LogP) is 4.33. The molecule has 2 aromatic carbocycles. The van der Waals surface area contributed by atoms with Crippen LogP contribution < -0.4 is 4.74 Å². The Bertz CT molecular complexity index is 687. The lowest BCUT2D eigenvalue weighted by Gasteiger charge is -2.26. The summed E-state index contributed by atoms with van der Waals surface area (Å²) in [6.45, 7) is 1.69. The molecule has 0 radical (unpaired) electrons. The largest absolute Gasteiger partial charge is 0.422 e. The molecule has 0 saturated carbocycles. The Morgan fingerprint density at radius 2 is 1.83 bits per heavy atom. The lowest BCUT2D eigenvalue weighted by molar-refractivity contribution is -0.140. The highest BCUT2D eigenvalue weighted by molar-refractivity contribution is 9.10. The van der Waals surface area contributed by atoms with Gasteiger partial charge >= 0.3 is 5.97 Å². The van der Waals surface area contributed by atoms with Gasteiger partial charge in [0.15, 0.2) is 11.6 Å². The van der Waals surface area contributed by atoms with E-state index in [4.69, 9.17) is 4.74 Å². The van der Waals surface area contributed by atoms with Gasteiger partial charge in [-0.3, -0.25) is 4.90 Å². The van der Waals surface area contributed by atoms with Gasteiger partial charge in [0.25, 0.3) is 0 Å². The van der Waals surface area contributed by atoms with Crippen LogP contribution in [0.5, 0.6) is 5.75 Å². The van der Waals surface area contributed by atoms with Gasteiger partial charge in [0.05, 0.1) is 0 Å². The van der Waals surface area contributed by atoms with Crippen molar-refractivity contribution in [1.82, 2.24) is 4.90 Å². The van der Waals surface area contributed by atoms with E-state index in [2.05, 4.69) is 20.8 Å². The Balaban J connectivity index is 1.85. The molecule has 5 heteroatoms. The molecule has 1 aliphatic heterocycles. The number of halogens is 2. The summed E-state index contributed by atoms with van der Waals surface area (Å²) in [5, 5.41) is 0. The first-order valence-corrected chi connectivity index (χ1v) is 8.40. The molecule has 1 aliphatic rings. The van der Waals surface area contributed by atoms with Crippen LogP contribution in [0.25, 0.3) is 0 Å². The smallest absolute Gasteiger partial charge is 0.333 e. The zero-order valence-corrected chi connectivity index (χ0v) is 14.1. The van der Waals surface area contributed by atoms with Crippen molar-refractivity contribution in [1.29, 1.82) is 0 Å². The third-order valence-corrected chi connectivity index (χ3v) is 4.44. The van der Waals surface area contributed by atoms with Crippen molar-refractivity contribution in [2.75, 3.05) is 13.1 Å². The van der Waals surface area contributed by atoms with Crippen LogP contribution in [0.15, 0.2) is 53.0 Å². The van der Waals surface area contributed by atoms with Gasteiger partial charge in [-0.25, -0.2) is 9.18 Å². The molecule has 1 saturated heterocycles. The molecule has 3 rings (SSSR count). The number of hydrogen-bond acceptors (Lipinski definition) is 3. The van der Waals surface area contributed by atoms with Crippen molar-refractivity contribution < 1.29 is 13.9 Å². The second-order valence-corrected chi connectivity index (χ2v) is 6.47. The number of benzene rings is 2. The molecular weight excluding hydrogens is 361 g/mol. The van der Waals surface area contributed by atoms with E-state index in [9.17, 15) is 9.18 Å². The summed E-state index contributed by atoms with van der Waals surface area (Å²) >= 11 is 3.19. The molecular formula is C18H17BrFNO2. The van der Waals surface area contributed by atoms with Gasteiger partial charge in [-0.15, -0.1) is 0 Å². The quantitative estimate of drug-likeness (QED) is 0.586. The standard InChI is InChI=1S/C18H17BrFNO2/c19-14-8-9-16(15(20)12-14)23-18(22)17(21-10-4-5-11-21)13-6-2-1-3-7-13/h1-3,6-9,12,17H,4-5,10-11H2. The summed E-state index contributed by atoms with van der Waals surface area (Å²) in [6.07, 6.45) is 2.12. The number of ether oxygens (including phenoxy) is 1. The minimum atomic E-state index is -0.555. The van der Waals surface area contributed by atoms with E-state index in [-0.39, 0.29) is 5.75 Å². The molecule has 0 spiro atoms. The number of likely N-dealkylation sites (tertiary alicyclic amines) is 1. The number of carbonyl (C=O) groups is 1. The summed E-state index contributed by atoms with van der Waals surface area (Å²) in [6, 6.07) is 13.4. The average molecular weight is 378 g/mol. The Morgan fingerprint density at radius 1 is 1.13 bits per heavy atom. The zero-order valence-electron chi connectivity index (χ0n) is 12.5. The normalized spacial score (nSPS) is 16.3. The Morgan fingerprint density at radius 3 is 2.48 bits per heavy atom. The van der Waals surface area contributed by atoms with Crippen molar-refractivity contribution in [2.45, 2.75) is 18.9 Å². The zero-order chi connectivity index (χ0) is 16.2. The van der Waals surface area contributed by atoms with Crippen LogP contribution in [0.3, 0.4) is 0 Å². The maximum absolute atomic E-state index is 13.9. The molecule has 1 heterocycles. The maximum Gasteiger partial charge on any atom is 0.333 e. The molecule has 0 N–H and O–H groups in total. The SMILES string of the molecule is O=C(Oc1ccc(Br)cc1F)C(c1ccccc1)N1CCCC1. The van der Waals surface area contributed by atoms with Gasteiger partial charge in [-0.05, 0) is 49.7 Å². The molecule has 1 unspecified atom stereocenters. The first-order valence-electron chi connectivity index (χ1n) is 7.61. The van der Waals surface area contributed by atoms with E-state index < -0.39 is 17.8 Å². The van der Waals surface area contributed by atoms with E-state index >= 15 is 0 Å². The number of hydrogen-bond donors (Lipinski definition) is 0. The Kier molecular flexibility index (Phi) is 5.08. The number of nitrogens with zero attached hydrogens (tertiary/aromatic N) is 1. The fourth-order valence-corrected chi connectivity index (χ4v) is 3.19. The maximum atomic E-state index is 13.9.